The molecule has 128 valence electrons. The van der Waals surface area contributed by atoms with Crippen molar-refractivity contribution >= 4 is 12.0 Å². The molecular formula is C16H25N3O4. The molecule has 2 N–H and O–H groups in total. The van der Waals surface area contributed by atoms with E-state index in [1.807, 2.05) is 27.7 Å². The van der Waals surface area contributed by atoms with Gasteiger partial charge in [0.2, 0.25) is 0 Å². The van der Waals surface area contributed by atoms with E-state index >= 15 is 0 Å². The van der Waals surface area contributed by atoms with Gasteiger partial charge in [0.05, 0.1) is 11.6 Å². The maximum absolute atomic E-state index is 12.3. The zero-order valence-corrected chi connectivity index (χ0v) is 14.1. The van der Waals surface area contributed by atoms with Crippen LogP contribution in [0.25, 0.3) is 0 Å². The van der Waals surface area contributed by atoms with E-state index < -0.39 is 11.9 Å². The fraction of sp³-hybridized carbons (Fsp3) is 0.688. The molecule has 1 fully saturated rings. The van der Waals surface area contributed by atoms with Crippen LogP contribution in [0.4, 0.5) is 4.79 Å². The largest absolute Gasteiger partial charge is 0.481 e. The van der Waals surface area contributed by atoms with E-state index in [1.165, 1.54) is 0 Å². The molecule has 7 nitrogen and oxygen atoms in total. The molecule has 2 rings (SSSR count). The lowest BCUT2D eigenvalue weighted by molar-refractivity contribution is -0.143. The van der Waals surface area contributed by atoms with E-state index in [-0.39, 0.29) is 24.4 Å². The maximum Gasteiger partial charge on any atom is 0.317 e. The molecular weight excluding hydrogens is 298 g/mol. The van der Waals surface area contributed by atoms with Crippen LogP contribution in [-0.4, -0.2) is 46.8 Å². The second kappa shape index (κ2) is 7.02. The lowest BCUT2D eigenvalue weighted by Crippen LogP contribution is -2.50. The summed E-state index contributed by atoms with van der Waals surface area (Å²) in [5.41, 5.74) is 1.85. The zero-order chi connectivity index (χ0) is 17.1. The highest BCUT2D eigenvalue weighted by Crippen LogP contribution is 2.24. The number of carboxylic acid groups (broad SMARTS) is 1. The summed E-state index contributed by atoms with van der Waals surface area (Å²) in [6.45, 7) is 9.05. The van der Waals surface area contributed by atoms with Crippen LogP contribution in [0.1, 0.15) is 43.2 Å². The Labute approximate surface area is 136 Å². The fourth-order valence-corrected chi connectivity index (χ4v) is 3.34. The Morgan fingerprint density at radius 2 is 2.13 bits per heavy atom. The number of piperidine rings is 1. The molecule has 0 saturated carbocycles. The lowest BCUT2D eigenvalue weighted by Gasteiger charge is -2.34. The topological polar surface area (TPSA) is 95.7 Å². The van der Waals surface area contributed by atoms with Gasteiger partial charge >= 0.3 is 12.0 Å². The van der Waals surface area contributed by atoms with Crippen LogP contribution in [0.2, 0.25) is 0 Å². The Kier molecular flexibility index (Phi) is 5.28. The van der Waals surface area contributed by atoms with Crippen molar-refractivity contribution in [3.05, 3.63) is 17.0 Å². The summed E-state index contributed by atoms with van der Waals surface area (Å²) in [7, 11) is 0. The van der Waals surface area contributed by atoms with E-state index in [0.29, 0.717) is 19.5 Å². The fourth-order valence-electron chi connectivity index (χ4n) is 3.34. The van der Waals surface area contributed by atoms with Crippen LogP contribution >= 0.6 is 0 Å². The standard InChI is InChI=1S/C16H25N3O4/c1-9-5-13(15(20)21)8-19(7-9)16(22)17-6-10(2)14-11(3)18-23-12(14)4/h9-10,13H,5-8H2,1-4H3,(H,17,22)(H,20,21). The molecule has 23 heavy (non-hydrogen) atoms. The van der Waals surface area contributed by atoms with E-state index in [4.69, 9.17) is 4.52 Å². The zero-order valence-electron chi connectivity index (χ0n) is 14.1. The third kappa shape index (κ3) is 4.03. The first-order valence-electron chi connectivity index (χ1n) is 7.98. The number of hydrogen-bond acceptors (Lipinski definition) is 4. The van der Waals surface area contributed by atoms with Crippen LogP contribution in [0.5, 0.6) is 0 Å². The Balaban J connectivity index is 1.92. The molecule has 0 aliphatic carbocycles. The van der Waals surface area contributed by atoms with E-state index in [2.05, 4.69) is 10.5 Å². The minimum absolute atomic E-state index is 0.0858. The average Bonchev–Trinajstić information content (AvgIpc) is 2.82. The summed E-state index contributed by atoms with van der Waals surface area (Å²) in [6, 6.07) is -0.207. The number of urea groups is 1. The number of likely N-dealkylation sites (tertiary alicyclic amines) is 1. The number of rotatable bonds is 4. The third-order valence-electron chi connectivity index (χ3n) is 4.44. The van der Waals surface area contributed by atoms with Crippen molar-refractivity contribution < 1.29 is 19.2 Å². The molecule has 2 heterocycles. The first-order chi connectivity index (χ1) is 10.8. The van der Waals surface area contributed by atoms with E-state index in [9.17, 15) is 14.7 Å². The molecule has 0 radical (unpaired) electrons. The highest BCUT2D eigenvalue weighted by Gasteiger charge is 2.32. The monoisotopic (exact) mass is 323 g/mol. The van der Waals surface area contributed by atoms with Gasteiger partial charge < -0.3 is 19.8 Å². The number of carbonyl (C=O) groups excluding carboxylic acids is 1. The van der Waals surface area contributed by atoms with Crippen molar-refractivity contribution in [1.29, 1.82) is 0 Å². The Morgan fingerprint density at radius 1 is 1.43 bits per heavy atom. The van der Waals surface area contributed by atoms with Crippen molar-refractivity contribution in [3.63, 3.8) is 0 Å². The van der Waals surface area contributed by atoms with Crippen molar-refractivity contribution in [3.8, 4) is 0 Å². The molecule has 1 aromatic rings. The van der Waals surface area contributed by atoms with Crippen molar-refractivity contribution in [2.45, 2.75) is 40.0 Å². The quantitative estimate of drug-likeness (QED) is 0.885. The van der Waals surface area contributed by atoms with E-state index in [1.54, 1.807) is 4.90 Å². The first kappa shape index (κ1) is 17.3. The van der Waals surface area contributed by atoms with Gasteiger partial charge in [0.25, 0.3) is 0 Å². The Bertz CT molecular complexity index is 564. The van der Waals surface area contributed by atoms with Gasteiger partial charge in [-0.05, 0) is 26.2 Å². The summed E-state index contributed by atoms with van der Waals surface area (Å²) in [4.78, 5) is 25.1. The molecule has 3 atom stereocenters. The van der Waals surface area contributed by atoms with Gasteiger partial charge in [0.1, 0.15) is 5.76 Å². The van der Waals surface area contributed by atoms with Gasteiger partial charge in [-0.15, -0.1) is 0 Å². The summed E-state index contributed by atoms with van der Waals surface area (Å²) in [5.74, 6) is -0.275. The second-order valence-corrected chi connectivity index (χ2v) is 6.61. The predicted molar refractivity (Wildman–Crippen MR) is 84.3 cm³/mol. The van der Waals surface area contributed by atoms with Gasteiger partial charge in [-0.1, -0.05) is 19.0 Å². The molecule has 2 amide bonds. The Morgan fingerprint density at radius 3 is 2.70 bits per heavy atom. The number of aliphatic carboxylic acids is 1. The number of nitrogens with zero attached hydrogens (tertiary/aromatic N) is 2. The number of amides is 2. The summed E-state index contributed by atoms with van der Waals surface area (Å²) in [5, 5.41) is 16.0. The van der Waals surface area contributed by atoms with Crippen LogP contribution in [-0.2, 0) is 4.79 Å². The lowest BCUT2D eigenvalue weighted by atomic mass is 9.91. The number of aryl methyl sites for hydroxylation is 2. The summed E-state index contributed by atoms with van der Waals surface area (Å²) in [6.07, 6.45) is 0.620. The van der Waals surface area contributed by atoms with E-state index in [0.717, 1.165) is 17.0 Å². The number of carboxylic acids is 1. The van der Waals surface area contributed by atoms with Crippen LogP contribution in [0, 0.1) is 25.7 Å². The van der Waals surface area contributed by atoms with Crippen molar-refractivity contribution in [2.75, 3.05) is 19.6 Å². The molecule has 1 aliphatic heterocycles. The summed E-state index contributed by atoms with van der Waals surface area (Å²) >= 11 is 0. The molecule has 0 spiro atoms. The predicted octanol–water partition coefficient (Wildman–Crippen LogP) is 2.15. The SMILES string of the molecule is Cc1noc(C)c1C(C)CNC(=O)N1CC(C)CC(C(=O)O)C1. The Hall–Kier alpha value is -2.05. The second-order valence-electron chi connectivity index (χ2n) is 6.61. The smallest absolute Gasteiger partial charge is 0.317 e. The molecule has 7 heteroatoms. The number of carbonyl (C=O) groups is 2. The van der Waals surface area contributed by atoms with Crippen molar-refractivity contribution in [2.24, 2.45) is 11.8 Å². The molecule has 3 unspecified atom stereocenters. The molecule has 1 saturated heterocycles. The minimum atomic E-state index is -0.835. The van der Waals surface area contributed by atoms with Crippen LogP contribution in [0.15, 0.2) is 4.52 Å². The molecule has 1 aromatic heterocycles. The first-order valence-corrected chi connectivity index (χ1v) is 7.98. The average molecular weight is 323 g/mol. The van der Waals surface area contributed by atoms with Gasteiger partial charge in [0, 0.05) is 31.1 Å². The number of hydrogen-bond donors (Lipinski definition) is 2. The highest BCUT2D eigenvalue weighted by molar-refractivity contribution is 5.76. The van der Waals surface area contributed by atoms with Gasteiger partial charge in [0.15, 0.2) is 0 Å². The van der Waals surface area contributed by atoms with Gasteiger partial charge in [-0.2, -0.15) is 0 Å². The van der Waals surface area contributed by atoms with Gasteiger partial charge in [-0.25, -0.2) is 4.79 Å². The highest BCUT2D eigenvalue weighted by atomic mass is 16.5. The van der Waals surface area contributed by atoms with Crippen LogP contribution < -0.4 is 5.32 Å². The minimum Gasteiger partial charge on any atom is -0.481 e. The molecule has 0 aromatic carbocycles. The van der Waals surface area contributed by atoms with Gasteiger partial charge in [-0.3, -0.25) is 4.79 Å². The molecule has 0 bridgehead atoms. The normalized spacial score (nSPS) is 22.7. The summed E-state index contributed by atoms with van der Waals surface area (Å²) < 4.78 is 5.16. The van der Waals surface area contributed by atoms with Crippen molar-refractivity contribution in [1.82, 2.24) is 15.4 Å². The number of aromatic nitrogens is 1. The number of nitrogens with one attached hydrogen (secondary N) is 1. The molecule has 1 aliphatic rings. The third-order valence-corrected chi connectivity index (χ3v) is 4.44. The van der Waals surface area contributed by atoms with Crippen LogP contribution in [0.3, 0.4) is 0 Å². The maximum atomic E-state index is 12.3.